The van der Waals surface area contributed by atoms with Crippen molar-refractivity contribution >= 4 is 11.9 Å². The van der Waals surface area contributed by atoms with Gasteiger partial charge in [0.05, 0.1) is 13.7 Å². The molecule has 2 aromatic rings. The van der Waals surface area contributed by atoms with Crippen molar-refractivity contribution in [2.45, 2.75) is 76.2 Å². The van der Waals surface area contributed by atoms with E-state index >= 15 is 0 Å². The highest BCUT2D eigenvalue weighted by Gasteiger charge is 2.23. The van der Waals surface area contributed by atoms with Crippen LogP contribution in [0, 0.1) is 0 Å². The minimum absolute atomic E-state index is 0. The molecular formula is C33H54O6. The molecule has 0 radical (unpaired) electrons. The zero-order valence-corrected chi connectivity index (χ0v) is 21.8. The van der Waals surface area contributed by atoms with Gasteiger partial charge in [-0.15, -0.1) is 0 Å². The summed E-state index contributed by atoms with van der Waals surface area (Å²) in [4.78, 5) is 21.9. The Hall–Kier alpha value is -3.54. The van der Waals surface area contributed by atoms with Crippen LogP contribution in [0.1, 0.15) is 81.9 Å². The standard InChI is InChI=1S/C22H26O4.C7H12O2.4CH4/c1-16(2)21(23)26-15-14-25-20-12-8-18(9-13-20)22(3,4)17-6-10-19(24-5)11-7-17;1-4-5-9-7(8)6(2)3;;;;/h6-13H,1,14-15H2,2-5H3;2,4-5H2,1,3H3;4*1H4. The summed E-state index contributed by atoms with van der Waals surface area (Å²) in [7, 11) is 1.67. The Morgan fingerprint density at radius 3 is 1.44 bits per heavy atom. The monoisotopic (exact) mass is 546 g/mol. The molecule has 0 aliphatic heterocycles. The Bertz CT molecular complexity index is 972. The van der Waals surface area contributed by atoms with E-state index in [2.05, 4.69) is 51.3 Å². The molecule has 0 saturated carbocycles. The zero-order valence-electron chi connectivity index (χ0n) is 21.8. The first kappa shape index (κ1) is 42.5. The van der Waals surface area contributed by atoms with Crippen molar-refractivity contribution in [1.82, 2.24) is 0 Å². The third-order valence-electron chi connectivity index (χ3n) is 5.11. The summed E-state index contributed by atoms with van der Waals surface area (Å²) in [5.74, 6) is 0.897. The smallest absolute Gasteiger partial charge is 0.333 e. The van der Waals surface area contributed by atoms with E-state index in [0.29, 0.717) is 24.4 Å². The van der Waals surface area contributed by atoms with Gasteiger partial charge >= 0.3 is 11.9 Å². The predicted octanol–water partition coefficient (Wildman–Crippen LogP) is 8.58. The highest BCUT2D eigenvalue weighted by molar-refractivity contribution is 5.87. The number of carbonyl (C=O) groups is 2. The number of carbonyl (C=O) groups excluding carboxylic acids is 2. The van der Waals surface area contributed by atoms with Gasteiger partial charge in [0, 0.05) is 16.6 Å². The second-order valence-electron chi connectivity index (χ2n) is 8.56. The van der Waals surface area contributed by atoms with Gasteiger partial charge in [-0.25, -0.2) is 9.59 Å². The van der Waals surface area contributed by atoms with Gasteiger partial charge in [0.2, 0.25) is 0 Å². The van der Waals surface area contributed by atoms with Crippen LogP contribution in [0.3, 0.4) is 0 Å². The Labute approximate surface area is 239 Å². The van der Waals surface area contributed by atoms with E-state index < -0.39 is 5.97 Å². The number of hydrogen-bond donors (Lipinski definition) is 0. The maximum atomic E-state index is 11.3. The number of methoxy groups -OCH3 is 1. The molecule has 6 heteroatoms. The Balaban J connectivity index is -0.000000410. The van der Waals surface area contributed by atoms with Crippen LogP contribution in [-0.2, 0) is 24.5 Å². The van der Waals surface area contributed by atoms with Gasteiger partial charge in [-0.3, -0.25) is 0 Å². The molecule has 6 nitrogen and oxygen atoms in total. The summed E-state index contributed by atoms with van der Waals surface area (Å²) in [6, 6.07) is 16.1. The molecular weight excluding hydrogens is 492 g/mol. The first-order valence-electron chi connectivity index (χ1n) is 11.6. The van der Waals surface area contributed by atoms with Gasteiger partial charge < -0.3 is 18.9 Å². The third-order valence-corrected chi connectivity index (χ3v) is 5.11. The number of ether oxygens (including phenoxy) is 4. The molecule has 0 N–H and O–H groups in total. The van der Waals surface area contributed by atoms with Crippen molar-refractivity contribution in [2.24, 2.45) is 0 Å². The number of benzene rings is 2. The number of esters is 2. The van der Waals surface area contributed by atoms with Gasteiger partial charge in [0.1, 0.15) is 24.7 Å². The Kier molecular flexibility index (Phi) is 23.3. The molecule has 0 aliphatic rings. The van der Waals surface area contributed by atoms with Crippen molar-refractivity contribution in [2.75, 3.05) is 26.9 Å². The van der Waals surface area contributed by atoms with E-state index in [9.17, 15) is 9.59 Å². The molecule has 0 unspecified atom stereocenters. The molecule has 0 spiro atoms. The minimum Gasteiger partial charge on any atom is -0.497 e. The van der Waals surface area contributed by atoms with E-state index in [0.717, 1.165) is 17.9 Å². The lowest BCUT2D eigenvalue weighted by atomic mass is 9.78. The van der Waals surface area contributed by atoms with Crippen LogP contribution in [0.25, 0.3) is 0 Å². The van der Waals surface area contributed by atoms with Crippen LogP contribution in [0.2, 0.25) is 0 Å². The first-order chi connectivity index (χ1) is 16.5. The first-order valence-corrected chi connectivity index (χ1v) is 11.6. The second-order valence-corrected chi connectivity index (χ2v) is 8.56. The Morgan fingerprint density at radius 1 is 0.692 bits per heavy atom. The predicted molar refractivity (Wildman–Crippen MR) is 166 cm³/mol. The van der Waals surface area contributed by atoms with E-state index in [-0.39, 0.29) is 47.7 Å². The molecule has 0 heterocycles. The van der Waals surface area contributed by atoms with E-state index in [1.807, 2.05) is 31.2 Å². The van der Waals surface area contributed by atoms with Gasteiger partial charge in [-0.1, -0.05) is 87.9 Å². The highest BCUT2D eigenvalue weighted by atomic mass is 16.6. The molecule has 0 aliphatic carbocycles. The van der Waals surface area contributed by atoms with Crippen molar-refractivity contribution in [3.05, 3.63) is 84.0 Å². The highest BCUT2D eigenvalue weighted by Crippen LogP contribution is 2.33. The van der Waals surface area contributed by atoms with Crippen LogP contribution < -0.4 is 9.47 Å². The normalized spacial score (nSPS) is 9.28. The van der Waals surface area contributed by atoms with Crippen molar-refractivity contribution in [3.63, 3.8) is 0 Å². The topological polar surface area (TPSA) is 71.1 Å². The lowest BCUT2D eigenvalue weighted by molar-refractivity contribution is -0.140. The van der Waals surface area contributed by atoms with E-state index in [1.54, 1.807) is 21.0 Å². The molecule has 0 bridgehead atoms. The van der Waals surface area contributed by atoms with Gasteiger partial charge in [0.25, 0.3) is 0 Å². The second kappa shape index (κ2) is 21.4. The fraction of sp³-hybridized carbons (Fsp3) is 0.455. The summed E-state index contributed by atoms with van der Waals surface area (Å²) in [5.41, 5.74) is 3.10. The summed E-state index contributed by atoms with van der Waals surface area (Å²) < 4.78 is 20.6. The van der Waals surface area contributed by atoms with Gasteiger partial charge in [0.15, 0.2) is 0 Å². The van der Waals surface area contributed by atoms with Crippen molar-refractivity contribution in [3.8, 4) is 11.5 Å². The van der Waals surface area contributed by atoms with Crippen LogP contribution in [0.15, 0.2) is 72.8 Å². The fourth-order valence-electron chi connectivity index (χ4n) is 2.88. The van der Waals surface area contributed by atoms with Crippen molar-refractivity contribution < 1.29 is 28.5 Å². The zero-order chi connectivity index (χ0) is 26.4. The molecule has 39 heavy (non-hydrogen) atoms. The average molecular weight is 547 g/mol. The van der Waals surface area contributed by atoms with Crippen LogP contribution >= 0.6 is 0 Å². The van der Waals surface area contributed by atoms with Crippen molar-refractivity contribution in [1.29, 1.82) is 0 Å². The number of rotatable bonds is 11. The minimum atomic E-state index is -0.398. The molecule has 0 aromatic heterocycles. The summed E-state index contributed by atoms with van der Waals surface area (Å²) >= 11 is 0. The lowest BCUT2D eigenvalue weighted by Gasteiger charge is -2.26. The van der Waals surface area contributed by atoms with Gasteiger partial charge in [-0.05, 0) is 55.7 Å². The SMILES string of the molecule is C.C.C.C.C=C(C)C(=O)OCCC.C=C(C)C(=O)OCCOc1ccc(C(C)(C)c2ccc(OC)cc2)cc1. The summed E-state index contributed by atoms with van der Waals surface area (Å²) in [6.45, 7) is 17.5. The largest absolute Gasteiger partial charge is 0.497 e. The molecule has 2 rings (SSSR count). The van der Waals surface area contributed by atoms with Gasteiger partial charge in [-0.2, -0.15) is 0 Å². The fourth-order valence-corrected chi connectivity index (χ4v) is 2.88. The quantitative estimate of drug-likeness (QED) is 0.160. The molecule has 0 amide bonds. The molecule has 0 fully saturated rings. The van der Waals surface area contributed by atoms with Crippen LogP contribution in [-0.4, -0.2) is 38.9 Å². The average Bonchev–Trinajstić information content (AvgIpc) is 2.85. The third kappa shape index (κ3) is 14.8. The molecule has 0 saturated heterocycles. The summed E-state index contributed by atoms with van der Waals surface area (Å²) in [6.07, 6.45) is 0.860. The van der Waals surface area contributed by atoms with E-state index in [1.165, 1.54) is 11.1 Å². The van der Waals surface area contributed by atoms with Crippen LogP contribution in [0.5, 0.6) is 11.5 Å². The van der Waals surface area contributed by atoms with E-state index in [4.69, 9.17) is 18.9 Å². The number of hydrogen-bond acceptors (Lipinski definition) is 6. The van der Waals surface area contributed by atoms with Crippen LogP contribution in [0.4, 0.5) is 0 Å². The lowest BCUT2D eigenvalue weighted by Crippen LogP contribution is -2.18. The molecule has 2 aromatic carbocycles. The Morgan fingerprint density at radius 2 is 1.08 bits per heavy atom. The molecule has 0 atom stereocenters. The maximum Gasteiger partial charge on any atom is 0.333 e. The maximum absolute atomic E-state index is 11.3. The summed E-state index contributed by atoms with van der Waals surface area (Å²) in [5, 5.41) is 0. The molecule has 222 valence electrons.